The number of rotatable bonds is 8. The SMILES string of the molecule is CCC(CC)(CN)C(=O)NCCC(=O)Nc1cc(Br)ccc1C. The number of anilines is 1. The van der Waals surface area contributed by atoms with E-state index in [4.69, 9.17) is 5.73 Å². The number of benzene rings is 1. The van der Waals surface area contributed by atoms with Crippen LogP contribution in [0.1, 0.15) is 38.7 Å². The minimum atomic E-state index is -0.530. The maximum atomic E-state index is 12.3. The molecule has 0 aliphatic heterocycles. The van der Waals surface area contributed by atoms with Gasteiger partial charge in [-0.25, -0.2) is 0 Å². The van der Waals surface area contributed by atoms with Crippen molar-refractivity contribution in [1.82, 2.24) is 5.32 Å². The normalized spacial score (nSPS) is 11.2. The summed E-state index contributed by atoms with van der Waals surface area (Å²) in [7, 11) is 0. The third-order valence-corrected chi connectivity index (χ3v) is 4.83. The summed E-state index contributed by atoms with van der Waals surface area (Å²) in [5.41, 5.74) is 6.98. The monoisotopic (exact) mass is 383 g/mol. The average molecular weight is 384 g/mol. The van der Waals surface area contributed by atoms with Crippen molar-refractivity contribution in [1.29, 1.82) is 0 Å². The van der Waals surface area contributed by atoms with Crippen molar-refractivity contribution < 1.29 is 9.59 Å². The number of nitrogens with one attached hydrogen (secondary N) is 2. The van der Waals surface area contributed by atoms with Crippen LogP contribution >= 0.6 is 15.9 Å². The van der Waals surface area contributed by atoms with Crippen LogP contribution in [0.5, 0.6) is 0 Å². The van der Waals surface area contributed by atoms with E-state index >= 15 is 0 Å². The van der Waals surface area contributed by atoms with Gasteiger partial charge in [0.2, 0.25) is 11.8 Å². The predicted octanol–water partition coefficient (Wildman–Crippen LogP) is 2.97. The molecule has 0 aliphatic carbocycles. The Morgan fingerprint density at radius 2 is 1.91 bits per heavy atom. The molecule has 0 fully saturated rings. The largest absolute Gasteiger partial charge is 0.355 e. The average Bonchev–Trinajstić information content (AvgIpc) is 2.53. The van der Waals surface area contributed by atoms with Crippen LogP contribution in [0.2, 0.25) is 0 Å². The minimum absolute atomic E-state index is 0.0727. The molecule has 1 aromatic carbocycles. The highest BCUT2D eigenvalue weighted by Gasteiger charge is 2.32. The molecule has 5 nitrogen and oxygen atoms in total. The molecular weight excluding hydrogens is 358 g/mol. The van der Waals surface area contributed by atoms with Crippen LogP contribution in [0.25, 0.3) is 0 Å². The van der Waals surface area contributed by atoms with Crippen molar-refractivity contribution in [2.75, 3.05) is 18.4 Å². The van der Waals surface area contributed by atoms with E-state index in [1.165, 1.54) is 0 Å². The van der Waals surface area contributed by atoms with Gasteiger partial charge in [-0.1, -0.05) is 35.8 Å². The van der Waals surface area contributed by atoms with Gasteiger partial charge < -0.3 is 16.4 Å². The summed E-state index contributed by atoms with van der Waals surface area (Å²) < 4.78 is 0.908. The lowest BCUT2D eigenvalue weighted by atomic mass is 9.81. The summed E-state index contributed by atoms with van der Waals surface area (Å²) in [5, 5.41) is 5.69. The van der Waals surface area contributed by atoms with Gasteiger partial charge in [-0.05, 0) is 37.5 Å². The molecule has 0 radical (unpaired) electrons. The molecule has 0 aromatic heterocycles. The van der Waals surface area contributed by atoms with Gasteiger partial charge in [0.05, 0.1) is 5.41 Å². The Morgan fingerprint density at radius 1 is 1.26 bits per heavy atom. The smallest absolute Gasteiger partial charge is 0.227 e. The summed E-state index contributed by atoms with van der Waals surface area (Å²) in [6.45, 7) is 6.47. The van der Waals surface area contributed by atoms with Crippen molar-refractivity contribution in [3.05, 3.63) is 28.2 Å². The Hall–Kier alpha value is -1.40. The lowest BCUT2D eigenvalue weighted by Crippen LogP contribution is -2.45. The van der Waals surface area contributed by atoms with Gasteiger partial charge >= 0.3 is 0 Å². The fraction of sp³-hybridized carbons (Fsp3) is 0.529. The molecule has 0 bridgehead atoms. The van der Waals surface area contributed by atoms with Crippen molar-refractivity contribution in [3.8, 4) is 0 Å². The molecule has 0 atom stereocenters. The van der Waals surface area contributed by atoms with E-state index in [9.17, 15) is 9.59 Å². The summed E-state index contributed by atoms with van der Waals surface area (Å²) >= 11 is 3.38. The topological polar surface area (TPSA) is 84.2 Å². The first-order valence-corrected chi connectivity index (χ1v) is 8.72. The third kappa shape index (κ3) is 5.32. The molecule has 4 N–H and O–H groups in total. The van der Waals surface area contributed by atoms with Gasteiger partial charge in [-0.15, -0.1) is 0 Å². The zero-order valence-corrected chi connectivity index (χ0v) is 15.6. The second-order valence-electron chi connectivity index (χ2n) is 5.70. The second-order valence-corrected chi connectivity index (χ2v) is 6.62. The molecule has 0 aliphatic rings. The van der Waals surface area contributed by atoms with E-state index in [0.29, 0.717) is 25.9 Å². The number of halogens is 1. The van der Waals surface area contributed by atoms with Gasteiger partial charge in [0, 0.05) is 29.7 Å². The second kappa shape index (κ2) is 9.03. The molecule has 1 aromatic rings. The standard InChI is InChI=1S/C17H26BrN3O2/c1-4-17(5-2,11-19)16(23)20-9-8-15(22)21-14-10-13(18)7-6-12(14)3/h6-7,10H,4-5,8-9,11,19H2,1-3H3,(H,20,23)(H,21,22). The number of hydrogen-bond donors (Lipinski definition) is 3. The maximum Gasteiger partial charge on any atom is 0.227 e. The van der Waals surface area contributed by atoms with Crippen LogP contribution in [-0.2, 0) is 9.59 Å². The van der Waals surface area contributed by atoms with Crippen molar-refractivity contribution in [2.24, 2.45) is 11.1 Å². The Kier molecular flexibility index (Phi) is 7.72. The highest BCUT2D eigenvalue weighted by Crippen LogP contribution is 2.25. The quantitative estimate of drug-likeness (QED) is 0.644. The number of carbonyl (C=O) groups is 2. The van der Waals surface area contributed by atoms with Crippen LogP contribution in [-0.4, -0.2) is 24.9 Å². The highest BCUT2D eigenvalue weighted by molar-refractivity contribution is 9.10. The fourth-order valence-corrected chi connectivity index (χ4v) is 2.73. The molecule has 0 heterocycles. The molecular formula is C17H26BrN3O2. The van der Waals surface area contributed by atoms with E-state index in [0.717, 1.165) is 15.7 Å². The van der Waals surface area contributed by atoms with E-state index < -0.39 is 5.41 Å². The minimum Gasteiger partial charge on any atom is -0.355 e. The fourth-order valence-electron chi connectivity index (χ4n) is 2.37. The molecule has 0 unspecified atom stereocenters. The number of nitrogens with two attached hydrogens (primary N) is 1. The van der Waals surface area contributed by atoms with Crippen LogP contribution in [0.4, 0.5) is 5.69 Å². The van der Waals surface area contributed by atoms with Gasteiger partial charge in [-0.2, -0.15) is 0 Å². The number of amides is 2. The zero-order valence-electron chi connectivity index (χ0n) is 14.0. The Labute approximate surface area is 146 Å². The van der Waals surface area contributed by atoms with Gasteiger partial charge in [0.15, 0.2) is 0 Å². The molecule has 0 spiro atoms. The lowest BCUT2D eigenvalue weighted by molar-refractivity contribution is -0.131. The van der Waals surface area contributed by atoms with Crippen molar-refractivity contribution >= 4 is 33.4 Å². The Morgan fingerprint density at radius 3 is 2.48 bits per heavy atom. The zero-order chi connectivity index (χ0) is 17.5. The molecule has 0 saturated heterocycles. The van der Waals surface area contributed by atoms with Gasteiger partial charge in [0.1, 0.15) is 0 Å². The van der Waals surface area contributed by atoms with Crippen LogP contribution in [0.3, 0.4) is 0 Å². The third-order valence-electron chi connectivity index (χ3n) is 4.34. The van der Waals surface area contributed by atoms with Crippen LogP contribution < -0.4 is 16.4 Å². The first kappa shape index (κ1) is 19.6. The first-order valence-electron chi connectivity index (χ1n) is 7.93. The van der Waals surface area contributed by atoms with E-state index in [2.05, 4.69) is 26.6 Å². The molecule has 128 valence electrons. The van der Waals surface area contributed by atoms with E-state index in [-0.39, 0.29) is 18.2 Å². The van der Waals surface area contributed by atoms with Crippen molar-refractivity contribution in [2.45, 2.75) is 40.0 Å². The highest BCUT2D eigenvalue weighted by atomic mass is 79.9. The number of hydrogen-bond acceptors (Lipinski definition) is 3. The molecule has 1 rings (SSSR count). The van der Waals surface area contributed by atoms with Crippen LogP contribution in [0.15, 0.2) is 22.7 Å². The van der Waals surface area contributed by atoms with Gasteiger partial charge in [-0.3, -0.25) is 9.59 Å². The summed E-state index contributed by atoms with van der Waals surface area (Å²) in [6.07, 6.45) is 1.61. The number of aryl methyl sites for hydroxylation is 1. The Bertz CT molecular complexity index is 549. The molecule has 2 amide bonds. The summed E-state index contributed by atoms with van der Waals surface area (Å²) in [6, 6.07) is 5.71. The summed E-state index contributed by atoms with van der Waals surface area (Å²) in [4.78, 5) is 24.3. The lowest BCUT2D eigenvalue weighted by Gasteiger charge is -2.28. The van der Waals surface area contributed by atoms with E-state index in [1.54, 1.807) is 0 Å². The number of carbonyl (C=O) groups excluding carboxylic acids is 2. The molecule has 6 heteroatoms. The van der Waals surface area contributed by atoms with Crippen molar-refractivity contribution in [3.63, 3.8) is 0 Å². The maximum absolute atomic E-state index is 12.3. The molecule has 23 heavy (non-hydrogen) atoms. The summed E-state index contributed by atoms with van der Waals surface area (Å²) in [5.74, 6) is -0.200. The van der Waals surface area contributed by atoms with E-state index in [1.807, 2.05) is 39.0 Å². The van der Waals surface area contributed by atoms with Crippen LogP contribution in [0, 0.1) is 12.3 Å². The predicted molar refractivity (Wildman–Crippen MR) is 97.2 cm³/mol. The molecule has 0 saturated carbocycles. The Balaban J connectivity index is 2.51. The first-order chi connectivity index (χ1) is 10.9. The van der Waals surface area contributed by atoms with Gasteiger partial charge in [0.25, 0.3) is 0 Å².